The zero-order chi connectivity index (χ0) is 12.3. The number of benzene rings is 1. The standard InChI is InChI=1S/C13H9NO3/c15-8-9-1-3-10(4-2-9)11-5-12(13(16)17)7-14-6-11/h1-8H,(H,16,17)/p-1. The van der Waals surface area contributed by atoms with E-state index in [-0.39, 0.29) is 5.56 Å². The lowest BCUT2D eigenvalue weighted by Crippen LogP contribution is -2.22. The van der Waals surface area contributed by atoms with E-state index in [4.69, 9.17) is 0 Å². The van der Waals surface area contributed by atoms with E-state index >= 15 is 0 Å². The molecule has 1 aromatic heterocycles. The van der Waals surface area contributed by atoms with E-state index < -0.39 is 5.97 Å². The first kappa shape index (κ1) is 11.0. The van der Waals surface area contributed by atoms with E-state index in [2.05, 4.69) is 4.98 Å². The van der Waals surface area contributed by atoms with Gasteiger partial charge in [-0.05, 0) is 11.6 Å². The summed E-state index contributed by atoms with van der Waals surface area (Å²) < 4.78 is 0. The van der Waals surface area contributed by atoms with Crippen LogP contribution in [-0.4, -0.2) is 17.2 Å². The molecule has 0 N–H and O–H groups in total. The smallest absolute Gasteiger partial charge is 0.150 e. The van der Waals surface area contributed by atoms with Gasteiger partial charge in [0.05, 0.1) is 5.97 Å². The molecule has 0 radical (unpaired) electrons. The van der Waals surface area contributed by atoms with E-state index in [1.165, 1.54) is 12.3 Å². The number of aromatic carboxylic acids is 1. The SMILES string of the molecule is O=Cc1ccc(-c2cncc(C(=O)[O-])c2)cc1. The number of hydrogen-bond donors (Lipinski definition) is 0. The molecule has 17 heavy (non-hydrogen) atoms. The van der Waals surface area contributed by atoms with E-state index in [9.17, 15) is 14.7 Å². The molecule has 0 aliphatic rings. The Morgan fingerprint density at radius 3 is 2.41 bits per heavy atom. The van der Waals surface area contributed by atoms with Crippen LogP contribution in [0.4, 0.5) is 0 Å². The number of carboxylic acids is 1. The summed E-state index contributed by atoms with van der Waals surface area (Å²) >= 11 is 0. The summed E-state index contributed by atoms with van der Waals surface area (Å²) in [7, 11) is 0. The molecule has 84 valence electrons. The van der Waals surface area contributed by atoms with Crippen molar-refractivity contribution in [3.63, 3.8) is 0 Å². The molecule has 2 rings (SSSR count). The molecule has 0 aliphatic heterocycles. The first-order valence-corrected chi connectivity index (χ1v) is 4.93. The monoisotopic (exact) mass is 226 g/mol. The maximum Gasteiger partial charge on any atom is 0.150 e. The Bertz CT molecular complexity index is 561. The lowest BCUT2D eigenvalue weighted by molar-refractivity contribution is -0.255. The van der Waals surface area contributed by atoms with Crippen molar-refractivity contribution in [2.45, 2.75) is 0 Å². The molecule has 4 nitrogen and oxygen atoms in total. The summed E-state index contributed by atoms with van der Waals surface area (Å²) in [6.45, 7) is 0. The number of aromatic nitrogens is 1. The Morgan fingerprint density at radius 1 is 1.12 bits per heavy atom. The first-order chi connectivity index (χ1) is 8.20. The van der Waals surface area contributed by atoms with Crippen LogP contribution < -0.4 is 5.11 Å². The fraction of sp³-hybridized carbons (Fsp3) is 0. The topological polar surface area (TPSA) is 70.1 Å². The molecule has 0 unspecified atom stereocenters. The van der Waals surface area contributed by atoms with Crippen LogP contribution in [0.5, 0.6) is 0 Å². The average molecular weight is 226 g/mol. The van der Waals surface area contributed by atoms with Gasteiger partial charge in [0.1, 0.15) is 6.29 Å². The van der Waals surface area contributed by atoms with Crippen LogP contribution in [0.2, 0.25) is 0 Å². The fourth-order valence-corrected chi connectivity index (χ4v) is 1.46. The molecule has 2 aromatic rings. The Hall–Kier alpha value is -2.49. The van der Waals surface area contributed by atoms with Crippen LogP contribution in [0, 0.1) is 0 Å². The van der Waals surface area contributed by atoms with Crippen LogP contribution in [0.3, 0.4) is 0 Å². The maximum atomic E-state index is 10.7. The third kappa shape index (κ3) is 2.36. The Balaban J connectivity index is 2.41. The first-order valence-electron chi connectivity index (χ1n) is 4.93. The van der Waals surface area contributed by atoms with Crippen molar-refractivity contribution < 1.29 is 14.7 Å². The van der Waals surface area contributed by atoms with Crippen LogP contribution in [0.1, 0.15) is 20.7 Å². The maximum absolute atomic E-state index is 10.7. The number of pyridine rings is 1. The largest absolute Gasteiger partial charge is 0.545 e. The van der Waals surface area contributed by atoms with Gasteiger partial charge < -0.3 is 9.90 Å². The molecule has 0 spiro atoms. The zero-order valence-corrected chi connectivity index (χ0v) is 8.79. The van der Waals surface area contributed by atoms with Gasteiger partial charge in [0.2, 0.25) is 0 Å². The highest BCUT2D eigenvalue weighted by Gasteiger charge is 2.01. The lowest BCUT2D eigenvalue weighted by Gasteiger charge is -2.05. The number of carboxylic acid groups (broad SMARTS) is 1. The van der Waals surface area contributed by atoms with Crippen molar-refractivity contribution in [2.24, 2.45) is 0 Å². The van der Waals surface area contributed by atoms with Gasteiger partial charge in [-0.15, -0.1) is 0 Å². The number of carbonyl (C=O) groups is 2. The van der Waals surface area contributed by atoms with E-state index in [1.807, 2.05) is 0 Å². The van der Waals surface area contributed by atoms with Crippen molar-refractivity contribution in [3.05, 3.63) is 53.9 Å². The van der Waals surface area contributed by atoms with Gasteiger partial charge in [-0.3, -0.25) is 9.78 Å². The predicted octanol–water partition coefficient (Wildman–Crippen LogP) is 0.925. The second-order valence-electron chi connectivity index (χ2n) is 3.49. The summed E-state index contributed by atoms with van der Waals surface area (Å²) in [5.41, 5.74) is 2.06. The molecule has 0 fully saturated rings. The average Bonchev–Trinajstić information content (AvgIpc) is 2.39. The van der Waals surface area contributed by atoms with Crippen molar-refractivity contribution in [1.82, 2.24) is 4.98 Å². The highest BCUT2D eigenvalue weighted by atomic mass is 16.4. The summed E-state index contributed by atoms with van der Waals surface area (Å²) in [6, 6.07) is 8.28. The summed E-state index contributed by atoms with van der Waals surface area (Å²) in [6.07, 6.45) is 3.54. The second kappa shape index (κ2) is 4.57. The molecule has 0 amide bonds. The quantitative estimate of drug-likeness (QED) is 0.730. The van der Waals surface area contributed by atoms with Crippen LogP contribution in [0.25, 0.3) is 11.1 Å². The number of aldehydes is 1. The molecule has 0 bridgehead atoms. The molecule has 4 heteroatoms. The van der Waals surface area contributed by atoms with Gasteiger partial charge in [-0.1, -0.05) is 24.3 Å². The van der Waals surface area contributed by atoms with Crippen molar-refractivity contribution in [1.29, 1.82) is 0 Å². The third-order valence-corrected chi connectivity index (χ3v) is 2.35. The molecule has 0 saturated heterocycles. The van der Waals surface area contributed by atoms with E-state index in [1.54, 1.807) is 30.5 Å². The third-order valence-electron chi connectivity index (χ3n) is 2.35. The number of carbonyl (C=O) groups excluding carboxylic acids is 2. The molecular weight excluding hydrogens is 218 g/mol. The highest BCUT2D eigenvalue weighted by Crippen LogP contribution is 2.19. The van der Waals surface area contributed by atoms with Crippen molar-refractivity contribution in [3.8, 4) is 11.1 Å². The van der Waals surface area contributed by atoms with Gasteiger partial charge in [-0.25, -0.2) is 0 Å². The van der Waals surface area contributed by atoms with Gasteiger partial charge in [-0.2, -0.15) is 0 Å². The lowest BCUT2D eigenvalue weighted by atomic mass is 10.0. The normalized spacial score (nSPS) is 9.88. The van der Waals surface area contributed by atoms with Crippen LogP contribution in [0.15, 0.2) is 42.7 Å². The van der Waals surface area contributed by atoms with Gasteiger partial charge in [0.25, 0.3) is 0 Å². The van der Waals surface area contributed by atoms with Crippen LogP contribution in [-0.2, 0) is 0 Å². The van der Waals surface area contributed by atoms with Crippen molar-refractivity contribution in [2.75, 3.05) is 0 Å². The second-order valence-corrected chi connectivity index (χ2v) is 3.49. The number of hydrogen-bond acceptors (Lipinski definition) is 4. The van der Waals surface area contributed by atoms with Crippen molar-refractivity contribution >= 4 is 12.3 Å². The van der Waals surface area contributed by atoms with Crippen LogP contribution >= 0.6 is 0 Å². The molecule has 0 aliphatic carbocycles. The Kier molecular flexibility index (Phi) is 2.96. The highest BCUT2D eigenvalue weighted by molar-refractivity contribution is 5.87. The summed E-state index contributed by atoms with van der Waals surface area (Å²) in [4.78, 5) is 25.0. The summed E-state index contributed by atoms with van der Waals surface area (Å²) in [5, 5.41) is 10.7. The number of rotatable bonds is 3. The predicted molar refractivity (Wildman–Crippen MR) is 59.4 cm³/mol. The molecule has 1 aromatic carbocycles. The van der Waals surface area contributed by atoms with E-state index in [0.717, 1.165) is 11.8 Å². The minimum absolute atomic E-state index is 0.0296. The Labute approximate surface area is 97.6 Å². The fourth-order valence-electron chi connectivity index (χ4n) is 1.46. The zero-order valence-electron chi connectivity index (χ0n) is 8.79. The van der Waals surface area contributed by atoms with Gasteiger partial charge in [0.15, 0.2) is 0 Å². The Morgan fingerprint density at radius 2 is 1.82 bits per heavy atom. The minimum Gasteiger partial charge on any atom is -0.545 e. The number of nitrogens with zero attached hydrogens (tertiary/aromatic N) is 1. The van der Waals surface area contributed by atoms with E-state index in [0.29, 0.717) is 11.1 Å². The van der Waals surface area contributed by atoms with Gasteiger partial charge in [0, 0.05) is 29.1 Å². The summed E-state index contributed by atoms with van der Waals surface area (Å²) in [5.74, 6) is -1.26. The minimum atomic E-state index is -1.26. The molecule has 0 atom stereocenters. The molecular formula is C13H8NO3-. The van der Waals surface area contributed by atoms with Gasteiger partial charge >= 0.3 is 0 Å². The molecule has 0 saturated carbocycles. The molecule has 1 heterocycles.